The van der Waals surface area contributed by atoms with Crippen LogP contribution >= 0.6 is 0 Å². The molecule has 4 aromatic carbocycles. The molecule has 0 amide bonds. The first-order valence-electron chi connectivity index (χ1n) is 9.87. The Labute approximate surface area is 178 Å². The topological polar surface area (TPSA) is 64.8 Å². The van der Waals surface area contributed by atoms with Crippen molar-refractivity contribution in [3.05, 3.63) is 126 Å². The van der Waals surface area contributed by atoms with Gasteiger partial charge in [0.15, 0.2) is 5.69 Å². The number of fused-ring (bicyclic) bond motifs is 1. The van der Waals surface area contributed by atoms with Crippen molar-refractivity contribution < 1.29 is 9.59 Å². The van der Waals surface area contributed by atoms with Crippen molar-refractivity contribution in [1.29, 1.82) is 0 Å². The maximum atomic E-state index is 13.5. The van der Waals surface area contributed by atoms with Crippen LogP contribution in [0, 0.1) is 0 Å². The molecule has 5 nitrogen and oxygen atoms in total. The fourth-order valence-corrected chi connectivity index (χ4v) is 3.65. The molecular weight excluding hydrogens is 386 g/mol. The molecule has 1 heterocycles. The van der Waals surface area contributed by atoms with Gasteiger partial charge in [-0.3, -0.25) is 9.59 Å². The quantitative estimate of drug-likeness (QED) is 0.392. The maximum absolute atomic E-state index is 13.5. The first-order chi connectivity index (χ1) is 15.2. The average Bonchev–Trinajstić information content (AvgIpc) is 3.28. The first-order valence-corrected chi connectivity index (χ1v) is 9.87. The van der Waals surface area contributed by atoms with Crippen LogP contribution in [0.15, 0.2) is 103 Å². The van der Waals surface area contributed by atoms with E-state index in [1.165, 1.54) is 4.68 Å². The van der Waals surface area contributed by atoms with E-state index in [2.05, 4.69) is 10.3 Å². The monoisotopic (exact) mass is 403 g/mol. The number of nitrogens with zero attached hydrogens (tertiary/aromatic N) is 3. The summed E-state index contributed by atoms with van der Waals surface area (Å²) in [5.74, 6) is -0.649. The van der Waals surface area contributed by atoms with E-state index in [0.717, 1.165) is 10.8 Å². The van der Waals surface area contributed by atoms with Crippen LogP contribution in [0.3, 0.4) is 0 Å². The highest BCUT2D eigenvalue weighted by Gasteiger charge is 2.28. The van der Waals surface area contributed by atoms with E-state index in [0.29, 0.717) is 16.8 Å². The van der Waals surface area contributed by atoms with Gasteiger partial charge in [0.25, 0.3) is 0 Å². The lowest BCUT2D eigenvalue weighted by Crippen LogP contribution is -2.15. The molecular formula is C26H17N3O2. The Kier molecular flexibility index (Phi) is 4.69. The number of benzene rings is 4. The summed E-state index contributed by atoms with van der Waals surface area (Å²) in [5.41, 5.74) is 1.80. The molecule has 0 N–H and O–H groups in total. The number of ketones is 2. The zero-order valence-electron chi connectivity index (χ0n) is 16.5. The van der Waals surface area contributed by atoms with Crippen LogP contribution in [0.5, 0.6) is 0 Å². The van der Waals surface area contributed by atoms with Crippen LogP contribution in [-0.4, -0.2) is 26.6 Å². The van der Waals surface area contributed by atoms with E-state index in [4.69, 9.17) is 0 Å². The van der Waals surface area contributed by atoms with E-state index in [9.17, 15) is 9.59 Å². The lowest BCUT2D eigenvalue weighted by atomic mass is 10.0. The molecule has 0 spiro atoms. The largest absolute Gasteiger partial charge is 0.287 e. The van der Waals surface area contributed by atoms with Gasteiger partial charge in [0.05, 0.1) is 5.69 Å². The van der Waals surface area contributed by atoms with E-state index in [1.54, 1.807) is 48.5 Å². The van der Waals surface area contributed by atoms with Crippen LogP contribution in [0.2, 0.25) is 0 Å². The van der Waals surface area contributed by atoms with Crippen LogP contribution in [0.25, 0.3) is 16.5 Å². The molecule has 0 aliphatic carbocycles. The van der Waals surface area contributed by atoms with E-state index >= 15 is 0 Å². The van der Waals surface area contributed by atoms with Crippen LogP contribution in [-0.2, 0) is 0 Å². The van der Waals surface area contributed by atoms with E-state index in [-0.39, 0.29) is 23.0 Å². The SMILES string of the molecule is O=C(c1ccccc1)c1nnn(-c2cccc3ccccc23)c1C(=O)c1ccccc1. The first kappa shape index (κ1) is 18.6. The van der Waals surface area contributed by atoms with Gasteiger partial charge in [0.2, 0.25) is 11.6 Å². The summed E-state index contributed by atoms with van der Waals surface area (Å²) in [7, 11) is 0. The Bertz CT molecular complexity index is 1400. The highest BCUT2D eigenvalue weighted by Crippen LogP contribution is 2.25. The Morgan fingerprint density at radius 1 is 0.613 bits per heavy atom. The molecule has 0 aliphatic heterocycles. The minimum absolute atomic E-state index is 0.0352. The summed E-state index contributed by atoms with van der Waals surface area (Å²) < 4.78 is 1.48. The molecule has 0 saturated heterocycles. The molecule has 5 rings (SSSR count). The molecule has 5 heteroatoms. The van der Waals surface area contributed by atoms with Crippen molar-refractivity contribution >= 4 is 22.3 Å². The second-order valence-electron chi connectivity index (χ2n) is 7.09. The van der Waals surface area contributed by atoms with E-state index in [1.807, 2.05) is 54.6 Å². The minimum atomic E-state index is -0.341. The number of hydrogen-bond donors (Lipinski definition) is 0. The molecule has 0 saturated carbocycles. The second kappa shape index (κ2) is 7.80. The average molecular weight is 403 g/mol. The van der Waals surface area contributed by atoms with Gasteiger partial charge in [-0.05, 0) is 11.5 Å². The smallest absolute Gasteiger partial charge is 0.215 e. The minimum Gasteiger partial charge on any atom is -0.287 e. The molecule has 148 valence electrons. The fraction of sp³-hybridized carbons (Fsp3) is 0. The molecule has 31 heavy (non-hydrogen) atoms. The standard InChI is InChI=1S/C26H17N3O2/c30-25(19-11-3-1-4-12-19)23-24(26(31)20-13-5-2-6-14-20)29(28-27-23)22-17-9-15-18-10-7-8-16-21(18)22/h1-17H. The number of hydrogen-bond acceptors (Lipinski definition) is 4. The van der Waals surface area contributed by atoms with Crippen LogP contribution in [0.4, 0.5) is 0 Å². The lowest BCUT2D eigenvalue weighted by molar-refractivity contribution is 0.0997. The normalized spacial score (nSPS) is 10.8. The Morgan fingerprint density at radius 2 is 1.19 bits per heavy atom. The Balaban J connectivity index is 1.75. The Hall–Kier alpha value is -4.38. The summed E-state index contributed by atoms with van der Waals surface area (Å²) >= 11 is 0. The second-order valence-corrected chi connectivity index (χ2v) is 7.09. The van der Waals surface area contributed by atoms with Gasteiger partial charge < -0.3 is 0 Å². The molecule has 0 atom stereocenters. The number of aromatic nitrogens is 3. The van der Waals surface area contributed by atoms with Crippen molar-refractivity contribution in [2.45, 2.75) is 0 Å². The summed E-state index contributed by atoms with van der Waals surface area (Å²) in [5, 5.41) is 10.3. The third kappa shape index (κ3) is 3.32. The van der Waals surface area contributed by atoms with Crippen molar-refractivity contribution in [2.24, 2.45) is 0 Å². The molecule has 0 aliphatic rings. The Morgan fingerprint density at radius 3 is 1.90 bits per heavy atom. The van der Waals surface area contributed by atoms with Crippen molar-refractivity contribution in [3.8, 4) is 5.69 Å². The lowest BCUT2D eigenvalue weighted by Gasteiger charge is -2.10. The summed E-state index contributed by atoms with van der Waals surface area (Å²) in [6.45, 7) is 0. The molecule has 0 fully saturated rings. The molecule has 5 aromatic rings. The van der Waals surface area contributed by atoms with Gasteiger partial charge >= 0.3 is 0 Å². The fourth-order valence-electron chi connectivity index (χ4n) is 3.65. The molecule has 0 bridgehead atoms. The summed E-state index contributed by atoms with van der Waals surface area (Å²) in [4.78, 5) is 26.8. The van der Waals surface area contributed by atoms with Crippen molar-refractivity contribution in [3.63, 3.8) is 0 Å². The van der Waals surface area contributed by atoms with Gasteiger partial charge in [-0.1, -0.05) is 102 Å². The third-order valence-corrected chi connectivity index (χ3v) is 5.17. The predicted molar refractivity (Wildman–Crippen MR) is 119 cm³/mol. The molecule has 1 aromatic heterocycles. The zero-order valence-corrected chi connectivity index (χ0v) is 16.5. The highest BCUT2D eigenvalue weighted by molar-refractivity contribution is 6.18. The maximum Gasteiger partial charge on any atom is 0.215 e. The zero-order chi connectivity index (χ0) is 21.2. The third-order valence-electron chi connectivity index (χ3n) is 5.17. The van der Waals surface area contributed by atoms with Gasteiger partial charge in [-0.15, -0.1) is 5.10 Å². The highest BCUT2D eigenvalue weighted by atomic mass is 16.1. The van der Waals surface area contributed by atoms with Crippen molar-refractivity contribution in [2.75, 3.05) is 0 Å². The summed E-state index contributed by atoms with van der Waals surface area (Å²) in [6.07, 6.45) is 0. The predicted octanol–water partition coefficient (Wildman–Crippen LogP) is 4.88. The van der Waals surface area contributed by atoms with E-state index < -0.39 is 0 Å². The summed E-state index contributed by atoms with van der Waals surface area (Å²) in [6, 6.07) is 31.3. The molecule has 0 unspecified atom stereocenters. The number of carbonyl (C=O) groups is 2. The van der Waals surface area contributed by atoms with Gasteiger partial charge in [-0.2, -0.15) is 0 Å². The molecule has 0 radical (unpaired) electrons. The van der Waals surface area contributed by atoms with Gasteiger partial charge in [-0.25, -0.2) is 4.68 Å². The number of carbonyl (C=O) groups excluding carboxylic acids is 2. The van der Waals surface area contributed by atoms with Crippen LogP contribution < -0.4 is 0 Å². The van der Waals surface area contributed by atoms with Crippen molar-refractivity contribution in [1.82, 2.24) is 15.0 Å². The van der Waals surface area contributed by atoms with Gasteiger partial charge in [0.1, 0.15) is 5.69 Å². The van der Waals surface area contributed by atoms with Gasteiger partial charge in [0, 0.05) is 16.5 Å². The number of rotatable bonds is 5. The van der Waals surface area contributed by atoms with Crippen LogP contribution in [0.1, 0.15) is 32.1 Å².